The molecular formula is C10H10ClNO2S2. The molecule has 0 bridgehead atoms. The van der Waals surface area contributed by atoms with Gasteiger partial charge in [-0.05, 0) is 24.1 Å². The van der Waals surface area contributed by atoms with Crippen LogP contribution < -0.4 is 0 Å². The first kappa shape index (κ1) is 11.8. The Bertz CT molecular complexity index is 619. The third-order valence-corrected chi connectivity index (χ3v) is 4.31. The third-order valence-electron chi connectivity index (χ3n) is 2.14. The highest BCUT2D eigenvalue weighted by Crippen LogP contribution is 2.24. The maximum Gasteiger partial charge on any atom is 0.236 e. The summed E-state index contributed by atoms with van der Waals surface area (Å²) in [7, 11) is 1.72. The van der Waals surface area contributed by atoms with Gasteiger partial charge in [-0.1, -0.05) is 13.0 Å². The van der Waals surface area contributed by atoms with E-state index in [0.29, 0.717) is 5.56 Å². The average molecular weight is 276 g/mol. The number of thiazole rings is 1. The van der Waals surface area contributed by atoms with Crippen molar-refractivity contribution in [3.63, 3.8) is 0 Å². The predicted molar refractivity (Wildman–Crippen MR) is 67.5 cm³/mol. The molecule has 6 heteroatoms. The minimum Gasteiger partial charge on any atom is -0.241 e. The minimum absolute atomic E-state index is 0.135. The van der Waals surface area contributed by atoms with Gasteiger partial charge in [0.1, 0.15) is 0 Å². The molecule has 0 radical (unpaired) electrons. The smallest absolute Gasteiger partial charge is 0.236 e. The fourth-order valence-electron chi connectivity index (χ4n) is 1.46. The molecule has 2 rings (SSSR count). The first-order valence-electron chi connectivity index (χ1n) is 4.78. The molecule has 86 valence electrons. The molecule has 1 heterocycles. The molecular weight excluding hydrogens is 266 g/mol. The topological polar surface area (TPSA) is 47.0 Å². The molecule has 2 aromatic rings. The van der Waals surface area contributed by atoms with Crippen LogP contribution in [-0.4, -0.2) is 13.4 Å². The van der Waals surface area contributed by atoms with Crippen LogP contribution >= 0.6 is 22.0 Å². The summed E-state index contributed by atoms with van der Waals surface area (Å²) in [6, 6.07) is 5.43. The Morgan fingerprint density at radius 1 is 1.44 bits per heavy atom. The van der Waals surface area contributed by atoms with Crippen LogP contribution in [0.15, 0.2) is 18.2 Å². The summed E-state index contributed by atoms with van der Waals surface area (Å²) < 4.78 is 22.9. The average Bonchev–Trinajstić information content (AvgIpc) is 2.57. The second-order valence-corrected chi connectivity index (χ2v) is 7.34. The van der Waals surface area contributed by atoms with Gasteiger partial charge in [0.2, 0.25) is 9.05 Å². The van der Waals surface area contributed by atoms with Gasteiger partial charge in [-0.15, -0.1) is 11.3 Å². The molecule has 0 saturated carbocycles. The maximum atomic E-state index is 11.0. The number of aromatic nitrogens is 1. The Kier molecular flexibility index (Phi) is 3.19. The van der Waals surface area contributed by atoms with Crippen molar-refractivity contribution in [2.45, 2.75) is 19.1 Å². The lowest BCUT2D eigenvalue weighted by Crippen LogP contribution is -1.94. The van der Waals surface area contributed by atoms with Gasteiger partial charge in [0.15, 0.2) is 0 Å². The Hall–Kier alpha value is -0.650. The maximum absolute atomic E-state index is 11.0. The molecule has 16 heavy (non-hydrogen) atoms. The van der Waals surface area contributed by atoms with Gasteiger partial charge in [-0.3, -0.25) is 0 Å². The quantitative estimate of drug-likeness (QED) is 0.809. The van der Waals surface area contributed by atoms with Crippen molar-refractivity contribution in [3.8, 4) is 0 Å². The van der Waals surface area contributed by atoms with Crippen molar-refractivity contribution in [1.82, 2.24) is 4.98 Å². The highest BCUT2D eigenvalue weighted by Gasteiger charge is 2.09. The van der Waals surface area contributed by atoms with E-state index in [4.69, 9.17) is 10.7 Å². The zero-order valence-corrected chi connectivity index (χ0v) is 11.0. The van der Waals surface area contributed by atoms with E-state index in [1.807, 2.05) is 19.1 Å². The summed E-state index contributed by atoms with van der Waals surface area (Å²) in [5, 5.41) is 1.06. The molecule has 0 amide bonds. The second-order valence-electron chi connectivity index (χ2n) is 3.45. The van der Waals surface area contributed by atoms with E-state index < -0.39 is 9.05 Å². The molecule has 3 nitrogen and oxygen atoms in total. The molecule has 0 saturated heterocycles. The number of fused-ring (bicyclic) bond motifs is 1. The number of hydrogen-bond donors (Lipinski definition) is 0. The zero-order valence-electron chi connectivity index (χ0n) is 8.60. The normalized spacial score (nSPS) is 12.1. The lowest BCUT2D eigenvalue weighted by molar-refractivity contribution is 0.609. The molecule has 0 aliphatic heterocycles. The second kappa shape index (κ2) is 4.31. The first-order valence-corrected chi connectivity index (χ1v) is 8.08. The molecule has 1 aromatic heterocycles. The molecule has 0 aliphatic carbocycles. The molecule has 0 unspecified atom stereocenters. The van der Waals surface area contributed by atoms with Crippen LogP contribution in [-0.2, 0) is 21.2 Å². The van der Waals surface area contributed by atoms with Crippen LogP contribution in [0.5, 0.6) is 0 Å². The molecule has 0 aliphatic rings. The van der Waals surface area contributed by atoms with Crippen molar-refractivity contribution in [2.24, 2.45) is 0 Å². The summed E-state index contributed by atoms with van der Waals surface area (Å²) in [6.07, 6.45) is 0.891. The van der Waals surface area contributed by atoms with Crippen molar-refractivity contribution in [1.29, 1.82) is 0 Å². The van der Waals surface area contributed by atoms with Gasteiger partial charge in [-0.2, -0.15) is 0 Å². The Labute approximate surface area is 103 Å². The molecule has 0 spiro atoms. The summed E-state index contributed by atoms with van der Waals surface area (Å²) in [5.74, 6) is -0.135. The minimum atomic E-state index is -3.49. The fraction of sp³-hybridized carbons (Fsp3) is 0.300. The van der Waals surface area contributed by atoms with Crippen molar-refractivity contribution in [2.75, 3.05) is 0 Å². The summed E-state index contributed by atoms with van der Waals surface area (Å²) in [6.45, 7) is 2.04. The largest absolute Gasteiger partial charge is 0.241 e. The van der Waals surface area contributed by atoms with Crippen molar-refractivity contribution < 1.29 is 8.42 Å². The number of benzene rings is 1. The molecule has 0 atom stereocenters. The van der Waals surface area contributed by atoms with Crippen LogP contribution in [0.3, 0.4) is 0 Å². The van der Waals surface area contributed by atoms with Crippen molar-refractivity contribution >= 4 is 41.3 Å². The number of aryl methyl sites for hydroxylation is 1. The highest BCUT2D eigenvalue weighted by atomic mass is 35.7. The van der Waals surface area contributed by atoms with Crippen molar-refractivity contribution in [3.05, 3.63) is 28.8 Å². The van der Waals surface area contributed by atoms with Gasteiger partial charge >= 0.3 is 0 Å². The van der Waals surface area contributed by atoms with E-state index in [-0.39, 0.29) is 5.75 Å². The van der Waals surface area contributed by atoms with Gasteiger partial charge in [0, 0.05) is 10.7 Å². The summed E-state index contributed by atoms with van der Waals surface area (Å²) in [4.78, 5) is 4.40. The lowest BCUT2D eigenvalue weighted by atomic mass is 10.2. The standard InChI is InChI=1S/C10H10ClNO2S2/c1-2-10-12-8-4-3-7(5-9(8)15-10)6-16(11,13)14/h3-5H,2,6H2,1H3. The zero-order chi connectivity index (χ0) is 11.8. The summed E-state index contributed by atoms with van der Waals surface area (Å²) in [5.41, 5.74) is 1.62. The Morgan fingerprint density at radius 2 is 2.19 bits per heavy atom. The van der Waals surface area contributed by atoms with Crippen LogP contribution in [0.25, 0.3) is 10.2 Å². The van der Waals surface area contributed by atoms with Crippen LogP contribution in [0.1, 0.15) is 17.5 Å². The van der Waals surface area contributed by atoms with Gasteiger partial charge in [-0.25, -0.2) is 13.4 Å². The third kappa shape index (κ3) is 2.72. The van der Waals surface area contributed by atoms with E-state index in [2.05, 4.69) is 4.98 Å². The lowest BCUT2D eigenvalue weighted by Gasteiger charge is -1.96. The summed E-state index contributed by atoms with van der Waals surface area (Å²) >= 11 is 1.59. The number of hydrogen-bond acceptors (Lipinski definition) is 4. The molecule has 1 aromatic carbocycles. The number of halogens is 1. The number of rotatable bonds is 3. The SMILES string of the molecule is CCc1nc2ccc(CS(=O)(=O)Cl)cc2s1. The Morgan fingerprint density at radius 3 is 2.81 bits per heavy atom. The van der Waals surface area contributed by atoms with E-state index in [1.54, 1.807) is 17.4 Å². The monoisotopic (exact) mass is 275 g/mol. The van der Waals surface area contributed by atoms with Crippen LogP contribution in [0, 0.1) is 0 Å². The van der Waals surface area contributed by atoms with Crippen LogP contribution in [0.4, 0.5) is 0 Å². The molecule has 0 fully saturated rings. The van der Waals surface area contributed by atoms with Gasteiger partial charge in [0.05, 0.1) is 21.0 Å². The number of nitrogens with zero attached hydrogens (tertiary/aromatic N) is 1. The first-order chi connectivity index (χ1) is 7.48. The van der Waals surface area contributed by atoms with Gasteiger partial charge < -0.3 is 0 Å². The van der Waals surface area contributed by atoms with E-state index in [1.165, 1.54) is 0 Å². The van der Waals surface area contributed by atoms with E-state index in [0.717, 1.165) is 21.6 Å². The molecule has 0 N–H and O–H groups in total. The van der Waals surface area contributed by atoms with Gasteiger partial charge in [0.25, 0.3) is 0 Å². The van der Waals surface area contributed by atoms with Crippen LogP contribution in [0.2, 0.25) is 0 Å². The predicted octanol–water partition coefficient (Wildman–Crippen LogP) is 2.93. The van der Waals surface area contributed by atoms with E-state index >= 15 is 0 Å². The fourth-order valence-corrected chi connectivity index (χ4v) is 3.38. The Balaban J connectivity index is 2.43. The highest BCUT2D eigenvalue weighted by molar-refractivity contribution is 8.13. The van der Waals surface area contributed by atoms with E-state index in [9.17, 15) is 8.42 Å².